The van der Waals surface area contributed by atoms with Crippen molar-refractivity contribution in [1.29, 1.82) is 0 Å². The number of nitrogens with one attached hydrogen (secondary N) is 1. The zero-order chi connectivity index (χ0) is 17.6. The van der Waals surface area contributed by atoms with Gasteiger partial charge < -0.3 is 19.2 Å². The third kappa shape index (κ3) is 3.96. The highest BCUT2D eigenvalue weighted by molar-refractivity contribution is 5.97. The van der Waals surface area contributed by atoms with E-state index in [9.17, 15) is 4.79 Å². The first-order chi connectivity index (χ1) is 12.2. The standard InChI is InChI=1S/C19H24N2O4/c1-23-14-7-8-15(18(12-14)24-2)19(22)20-13-16(17-6-5-11-25-17)21-9-3-4-10-21/h5-8,11-12,16H,3-4,9-10,13H2,1-2H3,(H,20,22). The number of hydrogen-bond donors (Lipinski definition) is 1. The highest BCUT2D eigenvalue weighted by Gasteiger charge is 2.26. The summed E-state index contributed by atoms with van der Waals surface area (Å²) in [6, 6.07) is 9.06. The van der Waals surface area contributed by atoms with Gasteiger partial charge in [-0.3, -0.25) is 9.69 Å². The summed E-state index contributed by atoms with van der Waals surface area (Å²) in [6.45, 7) is 2.53. The number of amides is 1. The molecule has 1 N–H and O–H groups in total. The number of rotatable bonds is 7. The molecular formula is C19H24N2O4. The van der Waals surface area contributed by atoms with Crippen LogP contribution in [0.25, 0.3) is 0 Å². The Labute approximate surface area is 147 Å². The Kier molecular flexibility index (Phi) is 5.60. The number of hydrogen-bond acceptors (Lipinski definition) is 5. The maximum atomic E-state index is 12.6. The van der Waals surface area contributed by atoms with Crippen LogP contribution in [0.2, 0.25) is 0 Å². The lowest BCUT2D eigenvalue weighted by Crippen LogP contribution is -2.36. The van der Waals surface area contributed by atoms with Gasteiger partial charge >= 0.3 is 0 Å². The number of furan rings is 1. The third-order valence-corrected chi connectivity index (χ3v) is 4.56. The van der Waals surface area contributed by atoms with Crippen molar-refractivity contribution in [2.75, 3.05) is 33.9 Å². The van der Waals surface area contributed by atoms with Gasteiger partial charge in [-0.1, -0.05) is 0 Å². The lowest BCUT2D eigenvalue weighted by atomic mass is 10.1. The van der Waals surface area contributed by atoms with Gasteiger partial charge in [-0.2, -0.15) is 0 Å². The normalized spacial score (nSPS) is 15.8. The predicted molar refractivity (Wildman–Crippen MR) is 94.1 cm³/mol. The molecule has 1 aliphatic rings. The quantitative estimate of drug-likeness (QED) is 0.837. The van der Waals surface area contributed by atoms with Crippen LogP contribution < -0.4 is 14.8 Å². The second-order valence-corrected chi connectivity index (χ2v) is 6.05. The first-order valence-corrected chi connectivity index (χ1v) is 8.50. The van der Waals surface area contributed by atoms with Gasteiger partial charge in [-0.25, -0.2) is 0 Å². The van der Waals surface area contributed by atoms with Crippen LogP contribution in [0.4, 0.5) is 0 Å². The summed E-state index contributed by atoms with van der Waals surface area (Å²) in [5.41, 5.74) is 0.489. The molecule has 6 nitrogen and oxygen atoms in total. The van der Waals surface area contributed by atoms with Crippen LogP contribution in [0.3, 0.4) is 0 Å². The minimum atomic E-state index is -0.171. The van der Waals surface area contributed by atoms with Crippen LogP contribution in [-0.2, 0) is 0 Å². The fourth-order valence-electron chi connectivity index (χ4n) is 3.21. The molecule has 3 rings (SSSR count). The Morgan fingerprint density at radius 3 is 2.68 bits per heavy atom. The number of carbonyl (C=O) groups is 1. The SMILES string of the molecule is COc1ccc(C(=O)NCC(c2ccco2)N2CCCC2)c(OC)c1. The molecule has 0 saturated carbocycles. The Hall–Kier alpha value is -2.47. The highest BCUT2D eigenvalue weighted by Crippen LogP contribution is 2.27. The van der Waals surface area contributed by atoms with Crippen LogP contribution >= 0.6 is 0 Å². The van der Waals surface area contributed by atoms with E-state index in [1.165, 1.54) is 12.8 Å². The molecule has 0 radical (unpaired) electrons. The first kappa shape index (κ1) is 17.4. The molecule has 134 valence electrons. The number of ether oxygens (including phenoxy) is 2. The molecule has 1 aliphatic heterocycles. The molecule has 0 aliphatic carbocycles. The number of methoxy groups -OCH3 is 2. The largest absolute Gasteiger partial charge is 0.497 e. The Morgan fingerprint density at radius 2 is 2.04 bits per heavy atom. The molecule has 1 fully saturated rings. The van der Waals surface area contributed by atoms with Crippen molar-refractivity contribution in [1.82, 2.24) is 10.2 Å². The van der Waals surface area contributed by atoms with Crippen molar-refractivity contribution < 1.29 is 18.7 Å². The van der Waals surface area contributed by atoms with E-state index in [0.717, 1.165) is 18.8 Å². The minimum absolute atomic E-state index is 0.0469. The van der Waals surface area contributed by atoms with Gasteiger partial charge in [0.15, 0.2) is 0 Å². The first-order valence-electron chi connectivity index (χ1n) is 8.50. The molecule has 2 heterocycles. The molecule has 25 heavy (non-hydrogen) atoms. The van der Waals surface area contributed by atoms with E-state index in [-0.39, 0.29) is 11.9 Å². The number of carbonyl (C=O) groups excluding carboxylic acids is 1. The van der Waals surface area contributed by atoms with Crippen LogP contribution in [-0.4, -0.2) is 44.7 Å². The predicted octanol–water partition coefficient (Wildman–Crippen LogP) is 2.86. The number of likely N-dealkylation sites (tertiary alicyclic amines) is 1. The van der Waals surface area contributed by atoms with Crippen LogP contribution in [0, 0.1) is 0 Å². The molecule has 1 unspecified atom stereocenters. The molecule has 0 bridgehead atoms. The van der Waals surface area contributed by atoms with Gasteiger partial charge in [-0.15, -0.1) is 0 Å². The Bertz CT molecular complexity index is 693. The molecule has 2 aromatic rings. The fraction of sp³-hybridized carbons (Fsp3) is 0.421. The second-order valence-electron chi connectivity index (χ2n) is 6.05. The van der Waals surface area contributed by atoms with Gasteiger partial charge in [0.2, 0.25) is 0 Å². The average Bonchev–Trinajstić information content (AvgIpc) is 3.35. The van der Waals surface area contributed by atoms with Crippen molar-refractivity contribution in [3.63, 3.8) is 0 Å². The van der Waals surface area contributed by atoms with Crippen LogP contribution in [0.1, 0.15) is 35.0 Å². The van der Waals surface area contributed by atoms with E-state index in [1.807, 2.05) is 12.1 Å². The lowest BCUT2D eigenvalue weighted by molar-refractivity contribution is 0.0930. The van der Waals surface area contributed by atoms with Crippen molar-refractivity contribution in [3.8, 4) is 11.5 Å². The molecule has 0 spiro atoms. The van der Waals surface area contributed by atoms with Gasteiger partial charge in [0, 0.05) is 12.6 Å². The summed E-state index contributed by atoms with van der Waals surface area (Å²) < 4.78 is 16.1. The summed E-state index contributed by atoms with van der Waals surface area (Å²) >= 11 is 0. The van der Waals surface area contributed by atoms with Crippen molar-refractivity contribution >= 4 is 5.91 Å². The van der Waals surface area contributed by atoms with Crippen molar-refractivity contribution in [3.05, 3.63) is 47.9 Å². The topological polar surface area (TPSA) is 63.9 Å². The smallest absolute Gasteiger partial charge is 0.255 e. The van der Waals surface area contributed by atoms with Crippen LogP contribution in [0.5, 0.6) is 11.5 Å². The summed E-state index contributed by atoms with van der Waals surface area (Å²) in [4.78, 5) is 15.0. The van der Waals surface area contributed by atoms with Crippen molar-refractivity contribution in [2.24, 2.45) is 0 Å². The van der Waals surface area contributed by atoms with E-state index in [2.05, 4.69) is 10.2 Å². The molecule has 1 amide bonds. The number of nitrogens with zero attached hydrogens (tertiary/aromatic N) is 1. The molecule has 1 atom stereocenters. The second kappa shape index (κ2) is 8.07. The molecule has 1 aromatic heterocycles. The summed E-state index contributed by atoms with van der Waals surface area (Å²) in [5.74, 6) is 1.85. The lowest BCUT2D eigenvalue weighted by Gasteiger charge is -2.26. The zero-order valence-electron chi connectivity index (χ0n) is 14.7. The van der Waals surface area contributed by atoms with Gasteiger partial charge in [-0.05, 0) is 50.2 Å². The number of benzene rings is 1. The van der Waals surface area contributed by atoms with Gasteiger partial charge in [0.05, 0.1) is 32.1 Å². The Morgan fingerprint density at radius 1 is 1.24 bits per heavy atom. The average molecular weight is 344 g/mol. The highest BCUT2D eigenvalue weighted by atomic mass is 16.5. The summed E-state index contributed by atoms with van der Waals surface area (Å²) in [6.07, 6.45) is 4.03. The minimum Gasteiger partial charge on any atom is -0.497 e. The molecule has 6 heteroatoms. The molecule has 1 saturated heterocycles. The Balaban J connectivity index is 1.71. The molecule has 1 aromatic carbocycles. The maximum Gasteiger partial charge on any atom is 0.255 e. The van der Waals surface area contributed by atoms with E-state index >= 15 is 0 Å². The van der Waals surface area contributed by atoms with Crippen LogP contribution in [0.15, 0.2) is 41.0 Å². The fourth-order valence-corrected chi connectivity index (χ4v) is 3.21. The molecular weight excluding hydrogens is 320 g/mol. The monoisotopic (exact) mass is 344 g/mol. The van der Waals surface area contributed by atoms with E-state index in [0.29, 0.717) is 23.6 Å². The van der Waals surface area contributed by atoms with Gasteiger partial charge in [0.25, 0.3) is 5.91 Å². The van der Waals surface area contributed by atoms with E-state index in [4.69, 9.17) is 13.9 Å². The van der Waals surface area contributed by atoms with Crippen molar-refractivity contribution in [2.45, 2.75) is 18.9 Å². The van der Waals surface area contributed by atoms with Gasteiger partial charge in [0.1, 0.15) is 17.3 Å². The maximum absolute atomic E-state index is 12.6. The zero-order valence-corrected chi connectivity index (χ0v) is 14.7. The summed E-state index contributed by atoms with van der Waals surface area (Å²) in [5, 5.41) is 3.01. The third-order valence-electron chi connectivity index (χ3n) is 4.56. The van der Waals surface area contributed by atoms with E-state index in [1.54, 1.807) is 38.7 Å². The summed E-state index contributed by atoms with van der Waals surface area (Å²) in [7, 11) is 3.12. The van der Waals surface area contributed by atoms with E-state index < -0.39 is 0 Å².